The fourth-order valence-electron chi connectivity index (χ4n) is 2.50. The predicted molar refractivity (Wildman–Crippen MR) is 86.1 cm³/mol. The lowest BCUT2D eigenvalue weighted by atomic mass is 9.78. The van der Waals surface area contributed by atoms with Crippen LogP contribution in [-0.2, 0) is 0 Å². The highest BCUT2D eigenvalue weighted by molar-refractivity contribution is 5.92. The standard InChI is InChI=1S/C17H29N3O/c1-6-8-16(3,4)9-10-17(5,7-2)20-15(21)14-13-18-11-12-19-14/h11-13H,6-10H2,1-5H3,(H,20,21). The Balaban J connectivity index is 2.65. The van der Waals surface area contributed by atoms with E-state index in [0.29, 0.717) is 11.1 Å². The van der Waals surface area contributed by atoms with E-state index >= 15 is 0 Å². The van der Waals surface area contributed by atoms with E-state index in [4.69, 9.17) is 0 Å². The van der Waals surface area contributed by atoms with Crippen molar-refractivity contribution in [3.63, 3.8) is 0 Å². The van der Waals surface area contributed by atoms with Crippen molar-refractivity contribution in [2.24, 2.45) is 5.41 Å². The Morgan fingerprint density at radius 2 is 1.86 bits per heavy atom. The predicted octanol–water partition coefficient (Wildman–Crippen LogP) is 3.98. The third kappa shape index (κ3) is 5.82. The van der Waals surface area contributed by atoms with Crippen molar-refractivity contribution in [3.05, 3.63) is 24.3 Å². The molecule has 21 heavy (non-hydrogen) atoms. The van der Waals surface area contributed by atoms with Gasteiger partial charge in [-0.2, -0.15) is 0 Å². The lowest BCUT2D eigenvalue weighted by Gasteiger charge is -2.34. The maximum absolute atomic E-state index is 12.3. The van der Waals surface area contributed by atoms with Crippen LogP contribution in [-0.4, -0.2) is 21.4 Å². The zero-order valence-corrected chi connectivity index (χ0v) is 14.1. The zero-order chi connectivity index (χ0) is 15.9. The third-order valence-corrected chi connectivity index (χ3v) is 4.27. The largest absolute Gasteiger partial charge is 0.346 e. The molecule has 0 aliphatic heterocycles. The average Bonchev–Trinajstić information content (AvgIpc) is 2.46. The highest BCUT2D eigenvalue weighted by atomic mass is 16.2. The summed E-state index contributed by atoms with van der Waals surface area (Å²) in [6.07, 6.45) is 10.0. The van der Waals surface area contributed by atoms with Gasteiger partial charge < -0.3 is 5.32 Å². The van der Waals surface area contributed by atoms with Gasteiger partial charge in [-0.3, -0.25) is 9.78 Å². The van der Waals surface area contributed by atoms with Crippen molar-refractivity contribution in [2.45, 2.75) is 72.3 Å². The van der Waals surface area contributed by atoms with E-state index < -0.39 is 0 Å². The summed E-state index contributed by atoms with van der Waals surface area (Å²) in [7, 11) is 0. The van der Waals surface area contributed by atoms with Crippen LogP contribution in [0.25, 0.3) is 0 Å². The first-order chi connectivity index (χ1) is 9.82. The van der Waals surface area contributed by atoms with Gasteiger partial charge in [0.2, 0.25) is 0 Å². The van der Waals surface area contributed by atoms with Crippen LogP contribution in [0.2, 0.25) is 0 Å². The molecule has 0 saturated heterocycles. The topological polar surface area (TPSA) is 54.9 Å². The summed E-state index contributed by atoms with van der Waals surface area (Å²) in [6, 6.07) is 0. The molecule has 4 nitrogen and oxygen atoms in total. The number of carbonyl (C=O) groups is 1. The maximum Gasteiger partial charge on any atom is 0.271 e. The van der Waals surface area contributed by atoms with Gasteiger partial charge in [0.15, 0.2) is 0 Å². The monoisotopic (exact) mass is 291 g/mol. The van der Waals surface area contributed by atoms with Crippen LogP contribution < -0.4 is 5.32 Å². The highest BCUT2D eigenvalue weighted by Gasteiger charge is 2.28. The minimum atomic E-state index is -0.195. The molecule has 4 heteroatoms. The van der Waals surface area contributed by atoms with Crippen LogP contribution in [0, 0.1) is 5.41 Å². The van der Waals surface area contributed by atoms with Gasteiger partial charge in [-0.05, 0) is 38.0 Å². The fourth-order valence-corrected chi connectivity index (χ4v) is 2.50. The maximum atomic E-state index is 12.3. The van der Waals surface area contributed by atoms with Crippen molar-refractivity contribution in [2.75, 3.05) is 0 Å². The Bertz CT molecular complexity index is 445. The van der Waals surface area contributed by atoms with E-state index in [1.54, 1.807) is 12.4 Å². The Morgan fingerprint density at radius 3 is 2.38 bits per heavy atom. The molecule has 1 aromatic heterocycles. The Morgan fingerprint density at radius 1 is 1.14 bits per heavy atom. The number of nitrogens with one attached hydrogen (secondary N) is 1. The Hall–Kier alpha value is -1.45. The average molecular weight is 291 g/mol. The van der Waals surface area contributed by atoms with Crippen molar-refractivity contribution in [1.82, 2.24) is 15.3 Å². The normalized spacial score (nSPS) is 14.5. The molecule has 0 saturated carbocycles. The molecule has 0 aliphatic carbocycles. The molecule has 1 atom stereocenters. The summed E-state index contributed by atoms with van der Waals surface area (Å²) in [5.74, 6) is -0.138. The van der Waals surface area contributed by atoms with Crippen LogP contribution in [0.1, 0.15) is 77.2 Å². The lowest BCUT2D eigenvalue weighted by Crippen LogP contribution is -2.46. The van der Waals surface area contributed by atoms with Gasteiger partial charge >= 0.3 is 0 Å². The van der Waals surface area contributed by atoms with E-state index in [-0.39, 0.29) is 11.4 Å². The van der Waals surface area contributed by atoms with Gasteiger partial charge in [-0.15, -0.1) is 0 Å². The van der Waals surface area contributed by atoms with Crippen molar-refractivity contribution < 1.29 is 4.79 Å². The smallest absolute Gasteiger partial charge is 0.271 e. The highest BCUT2D eigenvalue weighted by Crippen LogP contribution is 2.32. The van der Waals surface area contributed by atoms with Crippen LogP contribution in [0.4, 0.5) is 0 Å². The summed E-state index contributed by atoms with van der Waals surface area (Å²) >= 11 is 0. The molecule has 1 N–H and O–H groups in total. The second kappa shape index (κ2) is 7.53. The molecule has 0 spiro atoms. The molecule has 1 heterocycles. The van der Waals surface area contributed by atoms with Gasteiger partial charge in [0, 0.05) is 17.9 Å². The quantitative estimate of drug-likeness (QED) is 0.788. The summed E-state index contributed by atoms with van der Waals surface area (Å²) in [5.41, 5.74) is 0.507. The van der Waals surface area contributed by atoms with Crippen LogP contribution in [0.5, 0.6) is 0 Å². The number of carbonyl (C=O) groups excluding carboxylic acids is 1. The van der Waals surface area contributed by atoms with Gasteiger partial charge in [-0.1, -0.05) is 34.1 Å². The Labute approximate surface area is 128 Å². The molecular weight excluding hydrogens is 262 g/mol. The van der Waals surface area contributed by atoms with Crippen LogP contribution in [0.3, 0.4) is 0 Å². The number of aromatic nitrogens is 2. The molecule has 0 radical (unpaired) electrons. The number of hydrogen-bond donors (Lipinski definition) is 1. The number of amides is 1. The van der Waals surface area contributed by atoms with Crippen LogP contribution >= 0.6 is 0 Å². The fraction of sp³-hybridized carbons (Fsp3) is 0.706. The van der Waals surface area contributed by atoms with Gasteiger partial charge in [-0.25, -0.2) is 4.98 Å². The van der Waals surface area contributed by atoms with E-state index in [1.165, 1.54) is 19.0 Å². The van der Waals surface area contributed by atoms with Gasteiger partial charge in [0.05, 0.1) is 6.20 Å². The van der Waals surface area contributed by atoms with Gasteiger partial charge in [0.25, 0.3) is 5.91 Å². The molecule has 118 valence electrons. The second-order valence-electron chi connectivity index (χ2n) is 6.87. The second-order valence-corrected chi connectivity index (χ2v) is 6.87. The number of rotatable bonds is 8. The molecule has 1 unspecified atom stereocenters. The summed E-state index contributed by atoms with van der Waals surface area (Å²) in [6.45, 7) is 11.1. The molecule has 1 amide bonds. The third-order valence-electron chi connectivity index (χ3n) is 4.27. The van der Waals surface area contributed by atoms with E-state index in [9.17, 15) is 4.79 Å². The number of hydrogen-bond acceptors (Lipinski definition) is 3. The Kier molecular flexibility index (Phi) is 6.31. The SMILES string of the molecule is CCCC(C)(C)CCC(C)(CC)NC(=O)c1cnccn1. The summed E-state index contributed by atoms with van der Waals surface area (Å²) in [4.78, 5) is 20.3. The molecule has 1 aromatic rings. The molecular formula is C17H29N3O. The van der Waals surface area contributed by atoms with E-state index in [2.05, 4.69) is 49.9 Å². The van der Waals surface area contributed by atoms with Crippen molar-refractivity contribution in [1.29, 1.82) is 0 Å². The van der Waals surface area contributed by atoms with Crippen LogP contribution in [0.15, 0.2) is 18.6 Å². The zero-order valence-electron chi connectivity index (χ0n) is 14.1. The summed E-state index contributed by atoms with van der Waals surface area (Å²) in [5, 5.41) is 3.13. The van der Waals surface area contributed by atoms with Gasteiger partial charge in [0.1, 0.15) is 5.69 Å². The van der Waals surface area contributed by atoms with Crippen molar-refractivity contribution >= 4 is 5.91 Å². The first-order valence-electron chi connectivity index (χ1n) is 7.90. The van der Waals surface area contributed by atoms with E-state index in [0.717, 1.165) is 19.3 Å². The molecule has 0 aromatic carbocycles. The first-order valence-corrected chi connectivity index (χ1v) is 7.90. The van der Waals surface area contributed by atoms with E-state index in [1.807, 2.05) is 0 Å². The minimum Gasteiger partial charge on any atom is -0.346 e. The minimum absolute atomic E-state index is 0.138. The number of nitrogens with zero attached hydrogens (tertiary/aromatic N) is 2. The summed E-state index contributed by atoms with van der Waals surface area (Å²) < 4.78 is 0. The molecule has 1 rings (SSSR count). The first kappa shape index (κ1) is 17.6. The molecule has 0 bridgehead atoms. The lowest BCUT2D eigenvalue weighted by molar-refractivity contribution is 0.0882. The molecule has 0 aliphatic rings. The van der Waals surface area contributed by atoms with Crippen molar-refractivity contribution in [3.8, 4) is 0 Å². The molecule has 0 fully saturated rings.